The number of nitrogens with zero attached hydrogens (tertiary/aromatic N) is 1. The van der Waals surface area contributed by atoms with Gasteiger partial charge in [-0.2, -0.15) is 0 Å². The number of anilines is 1. The molecule has 0 aromatic heterocycles. The van der Waals surface area contributed by atoms with E-state index in [1.807, 2.05) is 4.90 Å². The molecule has 1 aromatic rings. The summed E-state index contributed by atoms with van der Waals surface area (Å²) in [5.74, 6) is -1.13. The predicted octanol–water partition coefficient (Wildman–Crippen LogP) is 4.92. The molecular formula is C24H29Cl2FN2O3. The van der Waals surface area contributed by atoms with Gasteiger partial charge < -0.3 is 15.2 Å². The van der Waals surface area contributed by atoms with Crippen LogP contribution >= 0.6 is 23.2 Å². The lowest BCUT2D eigenvalue weighted by Crippen LogP contribution is -2.49. The second-order valence-corrected chi connectivity index (χ2v) is 9.16. The highest BCUT2D eigenvalue weighted by molar-refractivity contribution is 6.31. The van der Waals surface area contributed by atoms with Crippen LogP contribution in [0, 0.1) is 11.8 Å². The van der Waals surface area contributed by atoms with Crippen LogP contribution in [0.5, 0.6) is 0 Å². The first-order valence-electron chi connectivity index (χ1n) is 10.8. The predicted molar refractivity (Wildman–Crippen MR) is 126 cm³/mol. The summed E-state index contributed by atoms with van der Waals surface area (Å²) in [6.07, 6.45) is 6.36. The van der Waals surface area contributed by atoms with Crippen molar-refractivity contribution in [1.82, 2.24) is 4.90 Å². The van der Waals surface area contributed by atoms with Gasteiger partial charge in [-0.1, -0.05) is 41.9 Å². The Labute approximate surface area is 198 Å². The summed E-state index contributed by atoms with van der Waals surface area (Å²) in [5.41, 5.74) is 0.544. The van der Waals surface area contributed by atoms with E-state index < -0.39 is 17.8 Å². The van der Waals surface area contributed by atoms with Gasteiger partial charge in [0.2, 0.25) is 5.91 Å². The number of allylic oxidation sites excluding steroid dienone is 4. The molecule has 0 spiro atoms. The summed E-state index contributed by atoms with van der Waals surface area (Å²) < 4.78 is 20.7. The Balaban J connectivity index is 1.87. The van der Waals surface area contributed by atoms with Crippen molar-refractivity contribution < 1.29 is 19.0 Å². The van der Waals surface area contributed by atoms with Crippen molar-refractivity contribution in [3.05, 3.63) is 65.0 Å². The number of nitrogens with one attached hydrogen (secondary N) is 1. The van der Waals surface area contributed by atoms with Gasteiger partial charge in [0.25, 0.3) is 0 Å². The van der Waals surface area contributed by atoms with Crippen LogP contribution in [0.15, 0.2) is 59.9 Å². The highest BCUT2D eigenvalue weighted by Crippen LogP contribution is 2.38. The SMILES string of the molecule is C=C(Cl)/C=C\C=C(/F)C1C[C@H](CO)N(CC2CCOCC2)C1C(=O)Nc1cccc(Cl)c1. The summed E-state index contributed by atoms with van der Waals surface area (Å²) in [6, 6.07) is 5.76. The highest BCUT2D eigenvalue weighted by Gasteiger charge is 2.47. The Morgan fingerprint density at radius 2 is 2.12 bits per heavy atom. The molecular weight excluding hydrogens is 454 g/mol. The Bertz CT molecular complexity index is 871. The third kappa shape index (κ3) is 6.65. The second kappa shape index (κ2) is 12.0. The van der Waals surface area contributed by atoms with Crippen LogP contribution in [0.4, 0.5) is 10.1 Å². The summed E-state index contributed by atoms with van der Waals surface area (Å²) in [4.78, 5) is 15.3. The lowest BCUT2D eigenvalue weighted by Gasteiger charge is -2.34. The van der Waals surface area contributed by atoms with E-state index in [0.29, 0.717) is 42.8 Å². The van der Waals surface area contributed by atoms with Crippen LogP contribution in [0.2, 0.25) is 5.02 Å². The molecule has 2 aliphatic rings. The minimum atomic E-state index is -0.766. The first kappa shape index (κ1) is 24.9. The quantitative estimate of drug-likeness (QED) is 0.516. The number of likely N-dealkylation sites (tertiary alicyclic amines) is 1. The van der Waals surface area contributed by atoms with E-state index >= 15 is 4.39 Å². The van der Waals surface area contributed by atoms with E-state index in [-0.39, 0.29) is 23.6 Å². The Morgan fingerprint density at radius 1 is 1.38 bits per heavy atom. The topological polar surface area (TPSA) is 61.8 Å². The normalized spacial score (nSPS) is 25.4. The Morgan fingerprint density at radius 3 is 2.78 bits per heavy atom. The highest BCUT2D eigenvalue weighted by atomic mass is 35.5. The molecule has 2 unspecified atom stereocenters. The monoisotopic (exact) mass is 482 g/mol. The van der Waals surface area contributed by atoms with Gasteiger partial charge in [0.05, 0.1) is 12.6 Å². The largest absolute Gasteiger partial charge is 0.395 e. The van der Waals surface area contributed by atoms with Gasteiger partial charge in [-0.25, -0.2) is 4.39 Å². The van der Waals surface area contributed by atoms with Gasteiger partial charge in [0.1, 0.15) is 5.83 Å². The number of ether oxygens (including phenoxy) is 1. The first-order chi connectivity index (χ1) is 15.4. The van der Waals surface area contributed by atoms with E-state index in [2.05, 4.69) is 11.9 Å². The molecule has 1 aromatic carbocycles. The van der Waals surface area contributed by atoms with E-state index in [1.165, 1.54) is 18.2 Å². The van der Waals surface area contributed by atoms with Crippen molar-refractivity contribution in [2.45, 2.75) is 31.3 Å². The number of rotatable bonds is 8. The summed E-state index contributed by atoms with van der Waals surface area (Å²) >= 11 is 11.8. The zero-order chi connectivity index (χ0) is 23.1. The summed E-state index contributed by atoms with van der Waals surface area (Å²) in [6.45, 7) is 5.34. The molecule has 174 valence electrons. The molecule has 0 aliphatic carbocycles. The minimum absolute atomic E-state index is 0.151. The van der Waals surface area contributed by atoms with Gasteiger partial charge >= 0.3 is 0 Å². The van der Waals surface area contributed by atoms with Crippen LogP contribution in [0.1, 0.15) is 19.3 Å². The minimum Gasteiger partial charge on any atom is -0.395 e. The molecule has 1 amide bonds. The molecule has 2 N–H and O–H groups in total. The van der Waals surface area contributed by atoms with E-state index in [4.69, 9.17) is 27.9 Å². The maximum Gasteiger partial charge on any atom is 0.242 e. The van der Waals surface area contributed by atoms with Crippen LogP contribution < -0.4 is 5.32 Å². The number of carbonyl (C=O) groups is 1. The standard InChI is InChI=1S/C24H29Cl2FN2O3/c1-16(25)4-2-7-22(27)21-13-20(15-30)29(14-17-8-10-32-11-9-17)23(21)24(31)28-19-6-3-5-18(26)12-19/h2-7,12,17,20-21,23,30H,1,8-11,13-15H2,(H,28,31)/b4-2-,22-7-/t20-,21?,23?/m1/s1. The maximum absolute atomic E-state index is 15.2. The first-order valence-corrected chi connectivity index (χ1v) is 11.5. The molecule has 2 saturated heterocycles. The number of aliphatic hydroxyl groups excluding tert-OH is 1. The molecule has 8 heteroatoms. The molecule has 0 radical (unpaired) electrons. The van der Waals surface area contributed by atoms with E-state index in [9.17, 15) is 9.90 Å². The fraction of sp³-hybridized carbons (Fsp3) is 0.458. The zero-order valence-corrected chi connectivity index (χ0v) is 19.4. The number of carbonyl (C=O) groups excluding carboxylic acids is 1. The fourth-order valence-electron chi connectivity index (χ4n) is 4.43. The van der Waals surface area contributed by atoms with E-state index in [1.54, 1.807) is 24.3 Å². The molecule has 2 heterocycles. The molecule has 3 rings (SSSR count). The average molecular weight is 483 g/mol. The molecule has 0 bridgehead atoms. The average Bonchev–Trinajstić information content (AvgIpc) is 3.12. The maximum atomic E-state index is 15.2. The second-order valence-electron chi connectivity index (χ2n) is 8.23. The van der Waals surface area contributed by atoms with E-state index in [0.717, 1.165) is 12.8 Å². The fourth-order valence-corrected chi connectivity index (χ4v) is 4.70. The third-order valence-electron chi connectivity index (χ3n) is 6.00. The molecule has 32 heavy (non-hydrogen) atoms. The smallest absolute Gasteiger partial charge is 0.242 e. The lowest BCUT2D eigenvalue weighted by atomic mass is 9.95. The van der Waals surface area contributed by atoms with Crippen molar-refractivity contribution >= 4 is 34.8 Å². The van der Waals surface area contributed by atoms with Gasteiger partial charge in [0, 0.05) is 47.5 Å². The van der Waals surface area contributed by atoms with Crippen LogP contribution in [-0.2, 0) is 9.53 Å². The molecule has 2 aliphatic heterocycles. The summed E-state index contributed by atoms with van der Waals surface area (Å²) in [5, 5.41) is 13.7. The number of hydrogen-bond acceptors (Lipinski definition) is 4. The van der Waals surface area contributed by atoms with Gasteiger partial charge in [-0.3, -0.25) is 9.69 Å². The van der Waals surface area contributed by atoms with Crippen molar-refractivity contribution in [3.8, 4) is 0 Å². The molecule has 0 saturated carbocycles. The number of amides is 1. The third-order valence-corrected chi connectivity index (χ3v) is 6.36. The summed E-state index contributed by atoms with van der Waals surface area (Å²) in [7, 11) is 0. The Kier molecular flexibility index (Phi) is 9.32. The van der Waals surface area contributed by atoms with Crippen LogP contribution in [-0.4, -0.2) is 54.4 Å². The zero-order valence-electron chi connectivity index (χ0n) is 17.9. The number of halogens is 3. The van der Waals surface area contributed by atoms with Crippen molar-refractivity contribution in [2.75, 3.05) is 31.7 Å². The molecule has 3 atom stereocenters. The number of aliphatic hydroxyl groups is 1. The number of benzene rings is 1. The van der Waals surface area contributed by atoms with Crippen molar-refractivity contribution in [2.24, 2.45) is 11.8 Å². The molecule has 2 fully saturated rings. The van der Waals surface area contributed by atoms with Crippen molar-refractivity contribution in [3.63, 3.8) is 0 Å². The molecule has 5 nitrogen and oxygen atoms in total. The van der Waals surface area contributed by atoms with Gasteiger partial charge in [-0.05, 0) is 55.5 Å². The Hall–Kier alpha value is -1.70. The van der Waals surface area contributed by atoms with Gasteiger partial charge in [-0.15, -0.1) is 0 Å². The van der Waals surface area contributed by atoms with Crippen LogP contribution in [0.25, 0.3) is 0 Å². The van der Waals surface area contributed by atoms with Crippen molar-refractivity contribution in [1.29, 1.82) is 0 Å². The van der Waals surface area contributed by atoms with Crippen LogP contribution in [0.3, 0.4) is 0 Å². The number of hydrogen-bond donors (Lipinski definition) is 2. The van der Waals surface area contributed by atoms with Gasteiger partial charge in [0.15, 0.2) is 0 Å². The lowest BCUT2D eigenvalue weighted by molar-refractivity contribution is -0.122.